The number of ether oxygens (including phenoxy) is 1. The molecular formula is C14H13ClN2O3S. The molecule has 21 heavy (non-hydrogen) atoms. The lowest BCUT2D eigenvalue weighted by Crippen LogP contribution is -2.24. The number of carbonyl (C=O) groups excluding carboxylic acids is 2. The zero-order valence-electron chi connectivity index (χ0n) is 11.0. The van der Waals surface area contributed by atoms with Crippen LogP contribution in [0.5, 0.6) is 5.75 Å². The van der Waals surface area contributed by atoms with Crippen LogP contribution in [0.3, 0.4) is 0 Å². The van der Waals surface area contributed by atoms with Crippen molar-refractivity contribution in [1.82, 2.24) is 5.32 Å². The molecule has 2 aromatic rings. The average molecular weight is 325 g/mol. The van der Waals surface area contributed by atoms with Crippen LogP contribution >= 0.6 is 22.9 Å². The van der Waals surface area contributed by atoms with E-state index in [2.05, 4.69) is 5.32 Å². The molecule has 1 heterocycles. The fraction of sp³-hybridized carbons (Fsp3) is 0.143. The molecule has 110 valence electrons. The highest BCUT2D eigenvalue weighted by atomic mass is 35.5. The van der Waals surface area contributed by atoms with E-state index >= 15 is 0 Å². The van der Waals surface area contributed by atoms with Gasteiger partial charge in [-0.05, 0) is 24.3 Å². The minimum atomic E-state index is -0.599. The zero-order valence-corrected chi connectivity index (χ0v) is 12.5. The summed E-state index contributed by atoms with van der Waals surface area (Å²) in [5.41, 5.74) is 5.38. The van der Waals surface area contributed by atoms with E-state index in [1.165, 1.54) is 11.3 Å². The van der Waals surface area contributed by atoms with Gasteiger partial charge in [0.1, 0.15) is 5.75 Å². The maximum absolute atomic E-state index is 12.2. The molecule has 2 amide bonds. The van der Waals surface area contributed by atoms with Crippen LogP contribution in [0.15, 0.2) is 36.4 Å². The zero-order chi connectivity index (χ0) is 15.2. The van der Waals surface area contributed by atoms with Crippen molar-refractivity contribution in [1.29, 1.82) is 0 Å². The minimum Gasteiger partial charge on any atom is -0.483 e. The van der Waals surface area contributed by atoms with E-state index in [1.807, 2.05) is 6.07 Å². The molecule has 2 rings (SSSR count). The van der Waals surface area contributed by atoms with Crippen LogP contribution in [-0.2, 0) is 11.3 Å². The molecule has 0 aliphatic rings. The van der Waals surface area contributed by atoms with E-state index in [0.29, 0.717) is 22.2 Å². The van der Waals surface area contributed by atoms with Gasteiger partial charge >= 0.3 is 0 Å². The number of nitrogens with one attached hydrogen (secondary N) is 1. The summed E-state index contributed by atoms with van der Waals surface area (Å²) in [6, 6.07) is 10.3. The molecule has 0 saturated carbocycles. The van der Waals surface area contributed by atoms with Gasteiger partial charge in [0, 0.05) is 4.88 Å². The Morgan fingerprint density at radius 3 is 2.67 bits per heavy atom. The third kappa shape index (κ3) is 4.47. The SMILES string of the molecule is NC(=O)COc1ccccc1C(=O)NCc1ccc(Cl)s1. The predicted octanol–water partition coefficient (Wildman–Crippen LogP) is 2.20. The monoisotopic (exact) mass is 324 g/mol. The van der Waals surface area contributed by atoms with E-state index in [-0.39, 0.29) is 12.5 Å². The number of para-hydroxylation sites is 1. The summed E-state index contributed by atoms with van der Waals surface area (Å²) >= 11 is 7.23. The number of benzene rings is 1. The van der Waals surface area contributed by atoms with Crippen molar-refractivity contribution in [3.8, 4) is 5.75 Å². The van der Waals surface area contributed by atoms with Gasteiger partial charge in [0.25, 0.3) is 11.8 Å². The van der Waals surface area contributed by atoms with Gasteiger partial charge in [-0.1, -0.05) is 23.7 Å². The fourth-order valence-electron chi connectivity index (χ4n) is 1.64. The first-order valence-corrected chi connectivity index (χ1v) is 7.28. The van der Waals surface area contributed by atoms with Crippen molar-refractivity contribution >= 4 is 34.8 Å². The van der Waals surface area contributed by atoms with Gasteiger partial charge in [-0.25, -0.2) is 0 Å². The maximum Gasteiger partial charge on any atom is 0.255 e. The number of primary amides is 1. The Morgan fingerprint density at radius 2 is 2.00 bits per heavy atom. The average Bonchev–Trinajstić information content (AvgIpc) is 2.88. The summed E-state index contributed by atoms with van der Waals surface area (Å²) in [5, 5.41) is 2.77. The van der Waals surface area contributed by atoms with E-state index in [9.17, 15) is 9.59 Å². The summed E-state index contributed by atoms with van der Waals surface area (Å²) in [5.74, 6) is -0.573. The van der Waals surface area contributed by atoms with Crippen LogP contribution in [0.25, 0.3) is 0 Å². The van der Waals surface area contributed by atoms with Crippen LogP contribution in [0.2, 0.25) is 4.34 Å². The van der Waals surface area contributed by atoms with E-state index in [4.69, 9.17) is 22.1 Å². The third-order valence-electron chi connectivity index (χ3n) is 2.55. The van der Waals surface area contributed by atoms with Crippen molar-refractivity contribution in [3.05, 3.63) is 51.2 Å². The van der Waals surface area contributed by atoms with Crippen molar-refractivity contribution in [2.75, 3.05) is 6.61 Å². The van der Waals surface area contributed by atoms with Gasteiger partial charge in [-0.15, -0.1) is 11.3 Å². The number of thiophene rings is 1. The van der Waals surface area contributed by atoms with Crippen molar-refractivity contribution in [2.24, 2.45) is 5.73 Å². The van der Waals surface area contributed by atoms with Gasteiger partial charge in [0.15, 0.2) is 6.61 Å². The highest BCUT2D eigenvalue weighted by Crippen LogP contribution is 2.22. The standard InChI is InChI=1S/C14H13ClN2O3S/c15-12-6-5-9(21-12)7-17-14(19)10-3-1-2-4-11(10)20-8-13(16)18/h1-6H,7-8H2,(H2,16,18)(H,17,19). The van der Waals surface area contributed by atoms with Crippen LogP contribution < -0.4 is 15.8 Å². The molecule has 0 spiro atoms. The summed E-state index contributed by atoms with van der Waals surface area (Å²) in [6.45, 7) is 0.102. The summed E-state index contributed by atoms with van der Waals surface area (Å²) < 4.78 is 5.89. The van der Waals surface area contributed by atoms with E-state index in [0.717, 1.165) is 4.88 Å². The minimum absolute atomic E-state index is 0.273. The summed E-state index contributed by atoms with van der Waals surface area (Å²) in [4.78, 5) is 23.9. The Morgan fingerprint density at radius 1 is 1.24 bits per heavy atom. The normalized spacial score (nSPS) is 10.1. The first-order chi connectivity index (χ1) is 10.1. The second-order valence-electron chi connectivity index (χ2n) is 4.14. The number of amides is 2. The van der Waals surface area contributed by atoms with Gasteiger partial charge in [0.2, 0.25) is 0 Å². The number of carbonyl (C=O) groups is 2. The molecule has 3 N–H and O–H groups in total. The second kappa shape index (κ2) is 7.10. The first-order valence-electron chi connectivity index (χ1n) is 6.09. The molecule has 1 aromatic heterocycles. The Hall–Kier alpha value is -2.05. The number of rotatable bonds is 6. The first kappa shape index (κ1) is 15.3. The molecule has 0 unspecified atom stereocenters. The number of hydrogen-bond donors (Lipinski definition) is 2. The molecule has 5 nitrogen and oxygen atoms in total. The maximum atomic E-state index is 12.2. The Labute approximate surface area is 130 Å². The third-order valence-corrected chi connectivity index (χ3v) is 3.78. The van der Waals surface area contributed by atoms with Crippen LogP contribution in [-0.4, -0.2) is 18.4 Å². The Balaban J connectivity index is 2.02. The lowest BCUT2D eigenvalue weighted by molar-refractivity contribution is -0.119. The highest BCUT2D eigenvalue weighted by molar-refractivity contribution is 7.16. The molecule has 0 atom stereocenters. The topological polar surface area (TPSA) is 81.4 Å². The fourth-order valence-corrected chi connectivity index (χ4v) is 2.67. The van der Waals surface area contributed by atoms with Gasteiger partial charge in [-0.2, -0.15) is 0 Å². The van der Waals surface area contributed by atoms with Crippen LogP contribution in [0, 0.1) is 0 Å². The van der Waals surface area contributed by atoms with Gasteiger partial charge < -0.3 is 15.8 Å². The molecule has 0 radical (unpaired) electrons. The number of halogens is 1. The van der Waals surface area contributed by atoms with Crippen LogP contribution in [0.4, 0.5) is 0 Å². The molecule has 0 fully saturated rings. The molecule has 1 aromatic carbocycles. The van der Waals surface area contributed by atoms with E-state index in [1.54, 1.807) is 30.3 Å². The largest absolute Gasteiger partial charge is 0.483 e. The summed E-state index contributed by atoms with van der Waals surface area (Å²) in [6.07, 6.45) is 0. The molecular weight excluding hydrogens is 312 g/mol. The van der Waals surface area contributed by atoms with Gasteiger partial charge in [-0.3, -0.25) is 9.59 Å². The molecule has 0 bridgehead atoms. The Kier molecular flexibility index (Phi) is 5.19. The van der Waals surface area contributed by atoms with Crippen molar-refractivity contribution < 1.29 is 14.3 Å². The molecule has 0 saturated heterocycles. The Bertz CT molecular complexity index is 657. The number of hydrogen-bond acceptors (Lipinski definition) is 4. The lowest BCUT2D eigenvalue weighted by Gasteiger charge is -2.10. The van der Waals surface area contributed by atoms with Gasteiger partial charge in [0.05, 0.1) is 16.4 Å². The molecule has 0 aliphatic carbocycles. The molecule has 0 aliphatic heterocycles. The second-order valence-corrected chi connectivity index (χ2v) is 5.94. The summed E-state index contributed by atoms with van der Waals surface area (Å²) in [7, 11) is 0. The predicted molar refractivity (Wildman–Crippen MR) is 81.6 cm³/mol. The molecule has 7 heteroatoms. The lowest BCUT2D eigenvalue weighted by atomic mass is 10.2. The quantitative estimate of drug-likeness (QED) is 0.854. The number of nitrogens with two attached hydrogens (primary N) is 1. The highest BCUT2D eigenvalue weighted by Gasteiger charge is 2.12. The van der Waals surface area contributed by atoms with E-state index < -0.39 is 5.91 Å². The van der Waals surface area contributed by atoms with Crippen LogP contribution in [0.1, 0.15) is 15.2 Å². The van der Waals surface area contributed by atoms with Crippen molar-refractivity contribution in [3.63, 3.8) is 0 Å². The van der Waals surface area contributed by atoms with Crippen molar-refractivity contribution in [2.45, 2.75) is 6.54 Å². The smallest absolute Gasteiger partial charge is 0.255 e.